The first-order valence-electron chi connectivity index (χ1n) is 6.24. The minimum atomic E-state index is 1.05. The molecule has 3 nitrogen and oxygen atoms in total. The minimum Gasteiger partial charge on any atom is -0.349 e. The average Bonchev–Trinajstić information content (AvgIpc) is 2.72. The molecule has 0 saturated carbocycles. The number of fused-ring (bicyclic) bond motifs is 1. The van der Waals surface area contributed by atoms with Gasteiger partial charge in [0.2, 0.25) is 0 Å². The lowest BCUT2D eigenvalue weighted by Crippen LogP contribution is -2.29. The van der Waals surface area contributed by atoms with Gasteiger partial charge in [-0.3, -0.25) is 4.90 Å². The van der Waals surface area contributed by atoms with Crippen LogP contribution in [-0.4, -0.2) is 36.1 Å². The average molecular weight is 239 g/mol. The standard InChI is InChI=1S/C12H21N3S/c1-4-14-8-7-11-10(9-14)13-12(16-11)15(5-2)6-3/h4-9H2,1-3H3. The maximum absolute atomic E-state index is 4.79. The fraction of sp³-hybridized carbons (Fsp3) is 0.750. The Labute approximate surface area is 102 Å². The van der Waals surface area contributed by atoms with Crippen molar-refractivity contribution in [3.63, 3.8) is 0 Å². The molecule has 1 aliphatic heterocycles. The number of aromatic nitrogens is 1. The van der Waals surface area contributed by atoms with Gasteiger partial charge < -0.3 is 4.90 Å². The Kier molecular flexibility index (Phi) is 3.82. The molecule has 4 heteroatoms. The molecule has 0 aromatic carbocycles. The lowest BCUT2D eigenvalue weighted by Gasteiger charge is -2.23. The zero-order valence-electron chi connectivity index (χ0n) is 10.5. The molecule has 2 rings (SSSR count). The van der Waals surface area contributed by atoms with Gasteiger partial charge in [-0.1, -0.05) is 6.92 Å². The quantitative estimate of drug-likeness (QED) is 0.804. The molecule has 0 saturated heterocycles. The van der Waals surface area contributed by atoms with Crippen molar-refractivity contribution in [1.29, 1.82) is 0 Å². The van der Waals surface area contributed by atoms with Gasteiger partial charge in [-0.15, -0.1) is 11.3 Å². The first-order valence-corrected chi connectivity index (χ1v) is 7.06. The van der Waals surface area contributed by atoms with Crippen molar-refractivity contribution in [1.82, 2.24) is 9.88 Å². The van der Waals surface area contributed by atoms with Crippen molar-refractivity contribution in [2.24, 2.45) is 0 Å². The van der Waals surface area contributed by atoms with Crippen LogP contribution in [0, 0.1) is 0 Å². The van der Waals surface area contributed by atoms with E-state index in [4.69, 9.17) is 4.98 Å². The van der Waals surface area contributed by atoms with Crippen LogP contribution >= 0.6 is 11.3 Å². The van der Waals surface area contributed by atoms with Crippen LogP contribution < -0.4 is 4.90 Å². The number of likely N-dealkylation sites (N-methyl/N-ethyl adjacent to an activating group) is 1. The van der Waals surface area contributed by atoms with Crippen molar-refractivity contribution in [2.75, 3.05) is 31.1 Å². The number of rotatable bonds is 4. The molecule has 16 heavy (non-hydrogen) atoms. The molecule has 0 unspecified atom stereocenters. The van der Waals surface area contributed by atoms with E-state index in [0.29, 0.717) is 0 Å². The van der Waals surface area contributed by atoms with Crippen LogP contribution in [0.4, 0.5) is 5.13 Å². The van der Waals surface area contributed by atoms with Gasteiger partial charge in [-0.05, 0) is 26.8 Å². The van der Waals surface area contributed by atoms with Gasteiger partial charge in [0.25, 0.3) is 0 Å². The van der Waals surface area contributed by atoms with E-state index in [1.165, 1.54) is 28.7 Å². The molecule has 1 aromatic heterocycles. The molecular formula is C12H21N3S. The zero-order valence-corrected chi connectivity index (χ0v) is 11.3. The monoisotopic (exact) mass is 239 g/mol. The second kappa shape index (κ2) is 5.15. The Morgan fingerprint density at radius 2 is 2.06 bits per heavy atom. The van der Waals surface area contributed by atoms with E-state index < -0.39 is 0 Å². The molecule has 1 aliphatic rings. The topological polar surface area (TPSA) is 19.4 Å². The summed E-state index contributed by atoms with van der Waals surface area (Å²) in [6.07, 6.45) is 1.18. The third-order valence-corrected chi connectivity index (χ3v) is 4.49. The van der Waals surface area contributed by atoms with E-state index in [1.54, 1.807) is 0 Å². The van der Waals surface area contributed by atoms with Crippen LogP contribution in [0.5, 0.6) is 0 Å². The van der Waals surface area contributed by atoms with Crippen LogP contribution in [0.25, 0.3) is 0 Å². The van der Waals surface area contributed by atoms with Crippen LogP contribution in [0.3, 0.4) is 0 Å². The van der Waals surface area contributed by atoms with Gasteiger partial charge in [-0.25, -0.2) is 4.98 Å². The fourth-order valence-corrected chi connectivity index (χ4v) is 3.32. The number of thiazole rings is 1. The maximum atomic E-state index is 4.79. The Morgan fingerprint density at radius 3 is 2.69 bits per heavy atom. The first-order chi connectivity index (χ1) is 7.78. The maximum Gasteiger partial charge on any atom is 0.185 e. The molecule has 0 N–H and O–H groups in total. The zero-order chi connectivity index (χ0) is 11.5. The molecule has 1 aromatic rings. The smallest absolute Gasteiger partial charge is 0.185 e. The Morgan fingerprint density at radius 1 is 1.31 bits per heavy atom. The molecule has 2 heterocycles. The van der Waals surface area contributed by atoms with Crippen LogP contribution in [0.2, 0.25) is 0 Å². The second-order valence-electron chi connectivity index (χ2n) is 4.16. The van der Waals surface area contributed by atoms with Crippen LogP contribution in [0.15, 0.2) is 0 Å². The Balaban J connectivity index is 2.17. The summed E-state index contributed by atoms with van der Waals surface area (Å²) in [5.74, 6) is 0. The molecule has 0 spiro atoms. The normalized spacial score (nSPS) is 16.2. The van der Waals surface area contributed by atoms with Crippen molar-refractivity contribution in [3.8, 4) is 0 Å². The predicted octanol–water partition coefficient (Wildman–Crippen LogP) is 2.37. The molecule has 0 amide bonds. The van der Waals surface area contributed by atoms with Gasteiger partial charge in [0.15, 0.2) is 5.13 Å². The van der Waals surface area contributed by atoms with E-state index in [9.17, 15) is 0 Å². The Hall–Kier alpha value is -0.610. The van der Waals surface area contributed by atoms with E-state index in [-0.39, 0.29) is 0 Å². The van der Waals surface area contributed by atoms with E-state index in [1.807, 2.05) is 11.3 Å². The number of hydrogen-bond acceptors (Lipinski definition) is 4. The number of anilines is 1. The molecule has 0 radical (unpaired) electrons. The van der Waals surface area contributed by atoms with Gasteiger partial charge in [0.1, 0.15) is 0 Å². The summed E-state index contributed by atoms with van der Waals surface area (Å²) in [6, 6.07) is 0. The summed E-state index contributed by atoms with van der Waals surface area (Å²) in [7, 11) is 0. The first kappa shape index (κ1) is 11.9. The summed E-state index contributed by atoms with van der Waals surface area (Å²) in [5.41, 5.74) is 1.32. The molecular weight excluding hydrogens is 218 g/mol. The summed E-state index contributed by atoms with van der Waals surface area (Å²) >= 11 is 1.89. The minimum absolute atomic E-state index is 1.05. The highest BCUT2D eigenvalue weighted by molar-refractivity contribution is 7.15. The summed E-state index contributed by atoms with van der Waals surface area (Å²) in [6.45, 7) is 12.1. The van der Waals surface area contributed by atoms with Gasteiger partial charge in [0.05, 0.1) is 5.69 Å². The highest BCUT2D eigenvalue weighted by Crippen LogP contribution is 2.30. The second-order valence-corrected chi connectivity index (χ2v) is 5.22. The van der Waals surface area contributed by atoms with Crippen LogP contribution in [0.1, 0.15) is 31.3 Å². The third kappa shape index (κ3) is 2.23. The molecule has 0 fully saturated rings. The lowest BCUT2D eigenvalue weighted by atomic mass is 10.2. The summed E-state index contributed by atoms with van der Waals surface area (Å²) < 4.78 is 0. The highest BCUT2D eigenvalue weighted by Gasteiger charge is 2.20. The number of nitrogens with zero attached hydrogens (tertiary/aromatic N) is 3. The van der Waals surface area contributed by atoms with Crippen molar-refractivity contribution >= 4 is 16.5 Å². The van der Waals surface area contributed by atoms with Crippen molar-refractivity contribution in [3.05, 3.63) is 10.6 Å². The molecule has 0 bridgehead atoms. The summed E-state index contributed by atoms with van der Waals surface area (Å²) in [5, 5.41) is 1.22. The van der Waals surface area contributed by atoms with Gasteiger partial charge >= 0.3 is 0 Å². The predicted molar refractivity (Wildman–Crippen MR) is 70.3 cm³/mol. The van der Waals surface area contributed by atoms with E-state index >= 15 is 0 Å². The molecule has 0 atom stereocenters. The SMILES string of the molecule is CCN1CCc2sc(N(CC)CC)nc2C1. The van der Waals surface area contributed by atoms with Crippen molar-refractivity contribution < 1.29 is 0 Å². The fourth-order valence-electron chi connectivity index (χ4n) is 2.14. The van der Waals surface area contributed by atoms with Crippen molar-refractivity contribution in [2.45, 2.75) is 33.7 Å². The third-order valence-electron chi connectivity index (χ3n) is 3.28. The van der Waals surface area contributed by atoms with E-state index in [2.05, 4.69) is 30.6 Å². The van der Waals surface area contributed by atoms with Gasteiger partial charge in [-0.2, -0.15) is 0 Å². The van der Waals surface area contributed by atoms with Gasteiger partial charge in [0, 0.05) is 31.1 Å². The highest BCUT2D eigenvalue weighted by atomic mass is 32.1. The summed E-state index contributed by atoms with van der Waals surface area (Å²) in [4.78, 5) is 11.1. The number of hydrogen-bond donors (Lipinski definition) is 0. The Bertz CT molecular complexity index is 344. The largest absolute Gasteiger partial charge is 0.349 e. The van der Waals surface area contributed by atoms with Crippen LogP contribution in [-0.2, 0) is 13.0 Å². The lowest BCUT2D eigenvalue weighted by molar-refractivity contribution is 0.266. The molecule has 90 valence electrons. The molecule has 0 aliphatic carbocycles. The van der Waals surface area contributed by atoms with E-state index in [0.717, 1.165) is 26.2 Å².